The summed E-state index contributed by atoms with van der Waals surface area (Å²) in [6.07, 6.45) is 0. The first-order valence-corrected chi connectivity index (χ1v) is 8.82. The van der Waals surface area contributed by atoms with Gasteiger partial charge in [0.1, 0.15) is 6.04 Å². The van der Waals surface area contributed by atoms with E-state index in [2.05, 4.69) is 10.6 Å². The van der Waals surface area contributed by atoms with Gasteiger partial charge in [-0.15, -0.1) is 0 Å². The molecule has 0 fully saturated rings. The average Bonchev–Trinajstić information content (AvgIpc) is 2.93. The lowest BCUT2D eigenvalue weighted by atomic mass is 10.1. The van der Waals surface area contributed by atoms with Gasteiger partial charge in [-0.05, 0) is 45.9 Å². The Labute approximate surface area is 158 Å². The van der Waals surface area contributed by atoms with E-state index in [0.717, 1.165) is 17.9 Å². The molecule has 2 N–H and O–H groups in total. The predicted molar refractivity (Wildman–Crippen MR) is 103 cm³/mol. The van der Waals surface area contributed by atoms with Gasteiger partial charge in [-0.3, -0.25) is 4.79 Å². The molecule has 144 valence electrons. The lowest BCUT2D eigenvalue weighted by Gasteiger charge is -2.14. The molecule has 1 aromatic heterocycles. The highest BCUT2D eigenvalue weighted by atomic mass is 16.5. The lowest BCUT2D eigenvalue weighted by Crippen LogP contribution is -2.42. The van der Waals surface area contributed by atoms with Crippen LogP contribution in [0.4, 0.5) is 10.5 Å². The molecule has 2 rings (SSSR count). The van der Waals surface area contributed by atoms with Crippen molar-refractivity contribution in [2.75, 3.05) is 11.9 Å². The van der Waals surface area contributed by atoms with E-state index >= 15 is 0 Å². The minimum absolute atomic E-state index is 0.267. The van der Waals surface area contributed by atoms with Gasteiger partial charge in [0.2, 0.25) is 5.78 Å². The maximum atomic E-state index is 12.3. The minimum Gasteiger partial charge on any atom is -0.456 e. The second-order valence-electron chi connectivity index (χ2n) is 6.25. The van der Waals surface area contributed by atoms with Crippen molar-refractivity contribution in [3.05, 3.63) is 53.3 Å². The number of hydrogen-bond acceptors (Lipinski definition) is 4. The van der Waals surface area contributed by atoms with E-state index in [9.17, 15) is 14.4 Å². The third-order valence-corrected chi connectivity index (χ3v) is 4.27. The first kappa shape index (κ1) is 20.2. The van der Waals surface area contributed by atoms with E-state index in [1.165, 1.54) is 6.92 Å². The van der Waals surface area contributed by atoms with Crippen molar-refractivity contribution in [1.82, 2.24) is 9.88 Å². The highest BCUT2D eigenvalue weighted by Crippen LogP contribution is 2.15. The molecule has 0 spiro atoms. The normalized spacial score (nSPS) is 11.6. The number of nitrogens with one attached hydrogen (secondary N) is 2. The van der Waals surface area contributed by atoms with Crippen molar-refractivity contribution >= 4 is 23.5 Å². The number of amides is 2. The van der Waals surface area contributed by atoms with Crippen LogP contribution >= 0.6 is 0 Å². The van der Waals surface area contributed by atoms with E-state index in [0.29, 0.717) is 11.3 Å². The summed E-state index contributed by atoms with van der Waals surface area (Å²) in [6.45, 7) is 7.70. The van der Waals surface area contributed by atoms with Crippen LogP contribution < -0.4 is 10.6 Å². The van der Waals surface area contributed by atoms with Gasteiger partial charge in [0.25, 0.3) is 0 Å². The van der Waals surface area contributed by atoms with Crippen molar-refractivity contribution in [3.63, 3.8) is 0 Å². The monoisotopic (exact) mass is 371 g/mol. The Hall–Kier alpha value is -3.09. The zero-order chi connectivity index (χ0) is 20.0. The molecule has 1 aromatic carbocycles. The van der Waals surface area contributed by atoms with Crippen molar-refractivity contribution in [3.8, 4) is 0 Å². The van der Waals surface area contributed by atoms with Gasteiger partial charge >= 0.3 is 12.0 Å². The van der Waals surface area contributed by atoms with Crippen LogP contribution in [0.5, 0.6) is 0 Å². The first-order valence-electron chi connectivity index (χ1n) is 8.82. The third-order valence-electron chi connectivity index (χ3n) is 4.27. The van der Waals surface area contributed by atoms with Gasteiger partial charge in [0.05, 0.1) is 0 Å². The number of esters is 1. The molecule has 0 aliphatic rings. The number of carbonyl (C=O) groups is 3. The van der Waals surface area contributed by atoms with Crippen molar-refractivity contribution < 1.29 is 19.1 Å². The number of urea groups is 1. The number of para-hydroxylation sites is 1. The number of ether oxygens (including phenoxy) is 1. The maximum Gasteiger partial charge on any atom is 0.328 e. The standard InChI is InChI=1S/C20H25N3O4/c1-5-23-13(2)11-17(15(23)4)18(24)12-27-19(25)14(3)21-20(26)22-16-9-7-6-8-10-16/h6-11,14H,5,12H2,1-4H3,(H2,21,22,26)/t14-/m0/s1. The molecule has 0 bridgehead atoms. The molecule has 0 aliphatic heterocycles. The molecule has 0 saturated carbocycles. The second-order valence-corrected chi connectivity index (χ2v) is 6.25. The number of anilines is 1. The number of aromatic nitrogens is 1. The number of carbonyl (C=O) groups excluding carboxylic acids is 3. The molecule has 0 unspecified atom stereocenters. The molecule has 0 saturated heterocycles. The Morgan fingerprint density at radius 1 is 1.15 bits per heavy atom. The average molecular weight is 371 g/mol. The molecule has 7 nitrogen and oxygen atoms in total. The van der Waals surface area contributed by atoms with Crippen LogP contribution in [0.15, 0.2) is 36.4 Å². The predicted octanol–water partition coefficient (Wildman–Crippen LogP) is 3.06. The Bertz CT molecular complexity index is 827. The summed E-state index contributed by atoms with van der Waals surface area (Å²) < 4.78 is 7.09. The van der Waals surface area contributed by atoms with Crippen molar-refractivity contribution in [1.29, 1.82) is 0 Å². The molecule has 0 radical (unpaired) electrons. The maximum absolute atomic E-state index is 12.3. The molecule has 1 atom stereocenters. The Morgan fingerprint density at radius 3 is 2.41 bits per heavy atom. The van der Waals surface area contributed by atoms with Crippen molar-refractivity contribution in [2.45, 2.75) is 40.3 Å². The summed E-state index contributed by atoms with van der Waals surface area (Å²) in [6, 6.07) is 9.25. The number of rotatable bonds is 7. The van der Waals surface area contributed by atoms with E-state index in [4.69, 9.17) is 4.74 Å². The number of ketones is 1. The summed E-state index contributed by atoms with van der Waals surface area (Å²) in [5, 5.41) is 5.10. The largest absolute Gasteiger partial charge is 0.456 e. The molecular formula is C20H25N3O4. The summed E-state index contributed by atoms with van der Waals surface area (Å²) >= 11 is 0. The van der Waals surface area contributed by atoms with Gasteiger partial charge < -0.3 is 19.9 Å². The van der Waals surface area contributed by atoms with Gasteiger partial charge in [-0.1, -0.05) is 18.2 Å². The van der Waals surface area contributed by atoms with Crippen LogP contribution in [-0.4, -0.2) is 35.0 Å². The number of Topliss-reactive ketones (excluding diaryl/α,β-unsaturated/α-hetero) is 1. The van der Waals surface area contributed by atoms with Crippen LogP contribution in [0.1, 0.15) is 35.6 Å². The van der Waals surface area contributed by atoms with Crippen LogP contribution in [0.25, 0.3) is 0 Å². The SMILES string of the molecule is CCn1c(C)cc(C(=O)COC(=O)[C@H](C)NC(=O)Nc2ccccc2)c1C. The Morgan fingerprint density at radius 2 is 1.81 bits per heavy atom. The number of benzene rings is 1. The summed E-state index contributed by atoms with van der Waals surface area (Å²) in [5.74, 6) is -0.937. The van der Waals surface area contributed by atoms with E-state index < -0.39 is 18.0 Å². The molecule has 7 heteroatoms. The quantitative estimate of drug-likeness (QED) is 0.578. The summed E-state index contributed by atoms with van der Waals surface area (Å²) in [7, 11) is 0. The second kappa shape index (κ2) is 9.02. The summed E-state index contributed by atoms with van der Waals surface area (Å²) in [5.41, 5.74) is 2.99. The molecule has 2 aromatic rings. The van der Waals surface area contributed by atoms with E-state index in [1.54, 1.807) is 30.3 Å². The minimum atomic E-state index is -0.885. The fourth-order valence-electron chi connectivity index (χ4n) is 2.85. The van der Waals surface area contributed by atoms with Crippen LogP contribution in [0.2, 0.25) is 0 Å². The molecule has 0 aliphatic carbocycles. The first-order chi connectivity index (χ1) is 12.8. The van der Waals surface area contributed by atoms with Crippen LogP contribution in [0.3, 0.4) is 0 Å². The highest BCUT2D eigenvalue weighted by Gasteiger charge is 2.20. The van der Waals surface area contributed by atoms with E-state index in [-0.39, 0.29) is 12.4 Å². The fraction of sp³-hybridized carbons (Fsp3) is 0.350. The van der Waals surface area contributed by atoms with E-state index in [1.807, 2.05) is 31.4 Å². The molecule has 1 heterocycles. The van der Waals surface area contributed by atoms with Crippen LogP contribution in [-0.2, 0) is 16.1 Å². The van der Waals surface area contributed by atoms with Crippen molar-refractivity contribution in [2.24, 2.45) is 0 Å². The smallest absolute Gasteiger partial charge is 0.328 e. The highest BCUT2D eigenvalue weighted by molar-refractivity contribution is 5.99. The number of aryl methyl sites for hydroxylation is 1. The summed E-state index contributed by atoms with van der Waals surface area (Å²) in [4.78, 5) is 36.3. The topological polar surface area (TPSA) is 89.4 Å². The van der Waals surface area contributed by atoms with Gasteiger partial charge in [0.15, 0.2) is 6.61 Å². The van der Waals surface area contributed by atoms with Gasteiger partial charge in [0, 0.05) is 29.2 Å². The number of hydrogen-bond donors (Lipinski definition) is 2. The molecule has 2 amide bonds. The zero-order valence-corrected chi connectivity index (χ0v) is 16.0. The zero-order valence-electron chi connectivity index (χ0n) is 16.0. The third kappa shape index (κ3) is 5.20. The number of nitrogens with zero attached hydrogens (tertiary/aromatic N) is 1. The van der Waals surface area contributed by atoms with Crippen LogP contribution in [0, 0.1) is 13.8 Å². The molecule has 27 heavy (non-hydrogen) atoms. The van der Waals surface area contributed by atoms with Gasteiger partial charge in [-0.25, -0.2) is 9.59 Å². The fourth-order valence-corrected chi connectivity index (χ4v) is 2.85. The van der Waals surface area contributed by atoms with Gasteiger partial charge in [-0.2, -0.15) is 0 Å². The Balaban J connectivity index is 1.85. The lowest BCUT2D eigenvalue weighted by molar-refractivity contribution is -0.144. The molecular weight excluding hydrogens is 346 g/mol. The Kier molecular flexibility index (Phi) is 6.76.